The zero-order valence-corrected chi connectivity index (χ0v) is 11.4. The quantitative estimate of drug-likeness (QED) is 0.733. The summed E-state index contributed by atoms with van der Waals surface area (Å²) in [6.07, 6.45) is 5.35. The van der Waals surface area contributed by atoms with Crippen molar-refractivity contribution < 1.29 is 9.53 Å². The van der Waals surface area contributed by atoms with Gasteiger partial charge in [0.2, 0.25) is 0 Å². The molecule has 0 saturated carbocycles. The number of nitrogens with zero attached hydrogens (tertiary/aromatic N) is 1. The molecule has 1 aromatic carbocycles. The summed E-state index contributed by atoms with van der Waals surface area (Å²) in [6, 6.07) is 5.81. The standard InChI is InChI=1S/C16H17NO2/c1-10-7-8-13-12(9-10)15-11(16(18)19-3)5-4-6-14(15)17(13)2/h4-8,10H,9H2,1-3H3. The van der Waals surface area contributed by atoms with E-state index in [9.17, 15) is 4.79 Å². The lowest BCUT2D eigenvalue weighted by Gasteiger charge is -2.13. The van der Waals surface area contributed by atoms with Crippen molar-refractivity contribution in [3.05, 3.63) is 41.1 Å². The zero-order chi connectivity index (χ0) is 13.6. The first-order valence-electron chi connectivity index (χ1n) is 6.50. The maximum Gasteiger partial charge on any atom is 0.338 e. The van der Waals surface area contributed by atoms with Gasteiger partial charge in [0.05, 0.1) is 12.7 Å². The summed E-state index contributed by atoms with van der Waals surface area (Å²) >= 11 is 0. The molecule has 1 aromatic heterocycles. The third-order valence-corrected chi connectivity index (χ3v) is 3.89. The fourth-order valence-electron chi connectivity index (χ4n) is 2.94. The van der Waals surface area contributed by atoms with Gasteiger partial charge in [0, 0.05) is 23.6 Å². The molecule has 1 heterocycles. The van der Waals surface area contributed by atoms with Crippen LogP contribution in [0.25, 0.3) is 17.0 Å². The maximum atomic E-state index is 12.0. The van der Waals surface area contributed by atoms with Crippen molar-refractivity contribution in [1.82, 2.24) is 4.57 Å². The molecule has 3 nitrogen and oxygen atoms in total. The summed E-state index contributed by atoms with van der Waals surface area (Å²) in [7, 11) is 3.47. The molecule has 3 rings (SSSR count). The van der Waals surface area contributed by atoms with Gasteiger partial charge in [-0.25, -0.2) is 4.79 Å². The SMILES string of the molecule is COC(=O)c1cccc2c1c1c(n2C)C=CC(C)C1. The van der Waals surface area contributed by atoms with Crippen molar-refractivity contribution in [3.63, 3.8) is 0 Å². The van der Waals surface area contributed by atoms with E-state index < -0.39 is 0 Å². The van der Waals surface area contributed by atoms with Crippen LogP contribution in [0.15, 0.2) is 24.3 Å². The number of methoxy groups -OCH3 is 1. The number of carbonyl (C=O) groups is 1. The van der Waals surface area contributed by atoms with Crippen LogP contribution in [0.5, 0.6) is 0 Å². The van der Waals surface area contributed by atoms with Crippen LogP contribution in [-0.2, 0) is 18.2 Å². The van der Waals surface area contributed by atoms with Gasteiger partial charge in [0.15, 0.2) is 0 Å². The second-order valence-electron chi connectivity index (χ2n) is 5.15. The lowest BCUT2D eigenvalue weighted by molar-refractivity contribution is 0.0603. The van der Waals surface area contributed by atoms with Crippen molar-refractivity contribution in [1.29, 1.82) is 0 Å². The van der Waals surface area contributed by atoms with Crippen LogP contribution < -0.4 is 0 Å². The lowest BCUT2D eigenvalue weighted by Crippen LogP contribution is -2.06. The van der Waals surface area contributed by atoms with Gasteiger partial charge in [-0.1, -0.05) is 19.1 Å². The second-order valence-corrected chi connectivity index (χ2v) is 5.15. The average Bonchev–Trinajstić information content (AvgIpc) is 2.71. The molecule has 3 heteroatoms. The van der Waals surface area contributed by atoms with Gasteiger partial charge in [0.1, 0.15) is 0 Å². The van der Waals surface area contributed by atoms with Gasteiger partial charge in [0.25, 0.3) is 0 Å². The summed E-state index contributed by atoms with van der Waals surface area (Å²) in [6.45, 7) is 2.19. The topological polar surface area (TPSA) is 31.2 Å². The molecule has 0 aliphatic heterocycles. The van der Waals surface area contributed by atoms with Crippen molar-refractivity contribution in [2.75, 3.05) is 7.11 Å². The van der Waals surface area contributed by atoms with Crippen LogP contribution >= 0.6 is 0 Å². The number of hydrogen-bond acceptors (Lipinski definition) is 2. The van der Waals surface area contributed by atoms with E-state index in [0.717, 1.165) is 17.3 Å². The highest BCUT2D eigenvalue weighted by Gasteiger charge is 2.22. The monoisotopic (exact) mass is 255 g/mol. The van der Waals surface area contributed by atoms with E-state index in [-0.39, 0.29) is 5.97 Å². The molecule has 1 aliphatic carbocycles. The van der Waals surface area contributed by atoms with Crippen molar-refractivity contribution in [2.45, 2.75) is 13.3 Å². The third-order valence-electron chi connectivity index (χ3n) is 3.89. The highest BCUT2D eigenvalue weighted by Crippen LogP contribution is 2.34. The van der Waals surface area contributed by atoms with Gasteiger partial charge in [-0.05, 0) is 36.1 Å². The molecule has 98 valence electrons. The van der Waals surface area contributed by atoms with Crippen LogP contribution in [0.1, 0.15) is 28.5 Å². The Morgan fingerprint density at radius 3 is 2.95 bits per heavy atom. The Morgan fingerprint density at radius 2 is 2.21 bits per heavy atom. The molecule has 0 radical (unpaired) electrons. The fourth-order valence-corrected chi connectivity index (χ4v) is 2.94. The van der Waals surface area contributed by atoms with Gasteiger partial charge in [-0.3, -0.25) is 0 Å². The summed E-state index contributed by atoms with van der Waals surface area (Å²) in [5, 5.41) is 1.04. The van der Waals surface area contributed by atoms with Crippen molar-refractivity contribution >= 4 is 22.9 Å². The number of hydrogen-bond donors (Lipinski definition) is 0. The van der Waals surface area contributed by atoms with Gasteiger partial charge in [-0.2, -0.15) is 0 Å². The number of aryl methyl sites for hydroxylation is 1. The first-order valence-corrected chi connectivity index (χ1v) is 6.50. The number of rotatable bonds is 1. The molecule has 0 spiro atoms. The molecule has 0 saturated heterocycles. The number of benzene rings is 1. The Labute approximate surface area is 112 Å². The van der Waals surface area contributed by atoms with Crippen molar-refractivity contribution in [3.8, 4) is 0 Å². The predicted octanol–water partition coefficient (Wildman–Crippen LogP) is 3.17. The zero-order valence-electron chi connectivity index (χ0n) is 11.4. The molecule has 0 N–H and O–H groups in total. The molecule has 0 fully saturated rings. The maximum absolute atomic E-state index is 12.0. The minimum absolute atomic E-state index is 0.263. The van der Waals surface area contributed by atoms with E-state index in [1.807, 2.05) is 19.2 Å². The molecule has 1 atom stereocenters. The van der Waals surface area contributed by atoms with Gasteiger partial charge in [-0.15, -0.1) is 0 Å². The smallest absolute Gasteiger partial charge is 0.338 e. The van der Waals surface area contributed by atoms with E-state index in [1.165, 1.54) is 18.4 Å². The fraction of sp³-hybridized carbons (Fsp3) is 0.312. The Balaban J connectivity index is 2.37. The first-order chi connectivity index (χ1) is 9.13. The molecule has 1 aliphatic rings. The number of aromatic nitrogens is 1. The van der Waals surface area contributed by atoms with Gasteiger partial charge >= 0.3 is 5.97 Å². The average molecular weight is 255 g/mol. The summed E-state index contributed by atoms with van der Waals surface area (Å²) in [5.74, 6) is 0.241. The van der Waals surface area contributed by atoms with E-state index in [2.05, 4.69) is 29.7 Å². The molecule has 1 unspecified atom stereocenters. The second kappa shape index (κ2) is 4.26. The molecule has 0 bridgehead atoms. The molecule has 0 amide bonds. The minimum atomic E-state index is -0.263. The summed E-state index contributed by atoms with van der Waals surface area (Å²) in [5.41, 5.74) is 4.21. The van der Waals surface area contributed by atoms with E-state index in [1.54, 1.807) is 0 Å². The first kappa shape index (κ1) is 12.0. The number of esters is 1. The number of allylic oxidation sites excluding steroid dienone is 1. The Morgan fingerprint density at radius 1 is 1.42 bits per heavy atom. The van der Waals surface area contributed by atoms with Crippen LogP contribution in [-0.4, -0.2) is 17.6 Å². The van der Waals surface area contributed by atoms with E-state index in [4.69, 9.17) is 4.74 Å². The highest BCUT2D eigenvalue weighted by molar-refractivity contribution is 6.06. The highest BCUT2D eigenvalue weighted by atomic mass is 16.5. The predicted molar refractivity (Wildman–Crippen MR) is 76.2 cm³/mol. The Kier molecular flexibility index (Phi) is 2.70. The van der Waals surface area contributed by atoms with Crippen LogP contribution in [0.2, 0.25) is 0 Å². The number of fused-ring (bicyclic) bond motifs is 3. The third kappa shape index (κ3) is 1.69. The van der Waals surface area contributed by atoms with Crippen LogP contribution in [0.4, 0.5) is 0 Å². The molecule has 19 heavy (non-hydrogen) atoms. The normalized spacial score (nSPS) is 17.5. The van der Waals surface area contributed by atoms with Gasteiger partial charge < -0.3 is 9.30 Å². The Hall–Kier alpha value is -2.03. The van der Waals surface area contributed by atoms with E-state index >= 15 is 0 Å². The molecular weight excluding hydrogens is 238 g/mol. The van der Waals surface area contributed by atoms with Crippen LogP contribution in [0.3, 0.4) is 0 Å². The lowest BCUT2D eigenvalue weighted by atomic mass is 9.92. The van der Waals surface area contributed by atoms with E-state index in [0.29, 0.717) is 11.5 Å². The Bertz CT molecular complexity index is 694. The minimum Gasteiger partial charge on any atom is -0.465 e. The molecule has 2 aromatic rings. The molecular formula is C16H17NO2. The number of ether oxygens (including phenoxy) is 1. The van der Waals surface area contributed by atoms with Crippen molar-refractivity contribution in [2.24, 2.45) is 13.0 Å². The summed E-state index contributed by atoms with van der Waals surface area (Å²) < 4.78 is 7.06. The van der Waals surface area contributed by atoms with Crippen LogP contribution in [0, 0.1) is 5.92 Å². The summed E-state index contributed by atoms with van der Waals surface area (Å²) in [4.78, 5) is 12.0. The largest absolute Gasteiger partial charge is 0.465 e. The number of carbonyl (C=O) groups excluding carboxylic acids is 1.